The molecule has 1 N–H and O–H groups in total. The number of hydrogen-bond acceptors (Lipinski definition) is 4. The van der Waals surface area contributed by atoms with Gasteiger partial charge in [-0.15, -0.1) is 0 Å². The van der Waals surface area contributed by atoms with Gasteiger partial charge in [-0.3, -0.25) is 19.3 Å². The fraction of sp³-hybridized carbons (Fsp3) is 0.522. The molecule has 2 aromatic rings. The molecule has 8 heteroatoms. The molecule has 4 rings (SSSR count). The first-order valence-corrected chi connectivity index (χ1v) is 11.1. The summed E-state index contributed by atoms with van der Waals surface area (Å²) in [6.45, 7) is 7.11. The molecule has 0 unspecified atom stereocenters. The maximum Gasteiger partial charge on any atom is 0.270 e. The number of unbranched alkanes of at least 4 members (excludes halogenated alkanes) is 1. The Labute approximate surface area is 182 Å². The molecule has 2 aromatic heterocycles. The highest BCUT2D eigenvalue weighted by atomic mass is 16.2. The van der Waals surface area contributed by atoms with Gasteiger partial charge in [-0.2, -0.15) is 0 Å². The number of piperazine rings is 1. The Morgan fingerprint density at radius 3 is 2.52 bits per heavy atom. The van der Waals surface area contributed by atoms with E-state index in [0.29, 0.717) is 38.3 Å². The van der Waals surface area contributed by atoms with Crippen molar-refractivity contribution < 1.29 is 9.59 Å². The van der Waals surface area contributed by atoms with E-state index in [0.717, 1.165) is 37.2 Å². The molecule has 0 aliphatic carbocycles. The summed E-state index contributed by atoms with van der Waals surface area (Å²) in [6, 6.07) is 3.56. The van der Waals surface area contributed by atoms with Crippen LogP contribution in [0, 0.1) is 0 Å². The second-order valence-corrected chi connectivity index (χ2v) is 8.47. The van der Waals surface area contributed by atoms with Crippen LogP contribution >= 0.6 is 0 Å². The maximum absolute atomic E-state index is 13.4. The van der Waals surface area contributed by atoms with Gasteiger partial charge in [-0.05, 0) is 42.6 Å². The molecule has 31 heavy (non-hydrogen) atoms. The normalized spacial score (nSPS) is 17.0. The maximum atomic E-state index is 13.4. The predicted octanol–water partition coefficient (Wildman–Crippen LogP) is 1.47. The SMILES string of the molecule is CCCCN1CCN(C(=O)c2c3c(cn(C)c2=O)CN(C(=O)c2ccc[nH]2)CC3)CC1. The third-order valence-electron chi connectivity index (χ3n) is 6.38. The molecule has 0 atom stereocenters. The van der Waals surface area contributed by atoms with Gasteiger partial charge in [0.25, 0.3) is 17.4 Å². The van der Waals surface area contributed by atoms with E-state index in [9.17, 15) is 14.4 Å². The Kier molecular flexibility index (Phi) is 6.27. The summed E-state index contributed by atoms with van der Waals surface area (Å²) in [7, 11) is 1.67. The smallest absolute Gasteiger partial charge is 0.270 e. The van der Waals surface area contributed by atoms with Crippen molar-refractivity contribution in [3.8, 4) is 0 Å². The summed E-state index contributed by atoms with van der Waals surface area (Å²) < 4.78 is 1.48. The number of nitrogens with one attached hydrogen (secondary N) is 1. The monoisotopic (exact) mass is 425 g/mol. The molecule has 0 radical (unpaired) electrons. The average Bonchev–Trinajstić information content (AvgIpc) is 3.33. The molecule has 166 valence electrons. The van der Waals surface area contributed by atoms with Crippen LogP contribution in [0.3, 0.4) is 0 Å². The average molecular weight is 426 g/mol. The van der Waals surface area contributed by atoms with Crippen molar-refractivity contribution in [1.82, 2.24) is 24.3 Å². The molecule has 0 bridgehead atoms. The van der Waals surface area contributed by atoms with E-state index in [2.05, 4.69) is 16.8 Å². The zero-order valence-corrected chi connectivity index (χ0v) is 18.4. The summed E-state index contributed by atoms with van der Waals surface area (Å²) >= 11 is 0. The number of fused-ring (bicyclic) bond motifs is 1. The van der Waals surface area contributed by atoms with Crippen molar-refractivity contribution in [3.05, 3.63) is 57.3 Å². The van der Waals surface area contributed by atoms with Gasteiger partial charge in [0.2, 0.25) is 0 Å². The number of hydrogen-bond donors (Lipinski definition) is 1. The quantitative estimate of drug-likeness (QED) is 0.787. The van der Waals surface area contributed by atoms with Crippen LogP contribution in [0.2, 0.25) is 0 Å². The Morgan fingerprint density at radius 1 is 1.06 bits per heavy atom. The lowest BCUT2D eigenvalue weighted by molar-refractivity contribution is 0.0631. The van der Waals surface area contributed by atoms with Crippen molar-refractivity contribution in [2.75, 3.05) is 39.3 Å². The van der Waals surface area contributed by atoms with Gasteiger partial charge >= 0.3 is 0 Å². The fourth-order valence-electron chi connectivity index (χ4n) is 4.53. The van der Waals surface area contributed by atoms with Crippen LogP contribution in [0.15, 0.2) is 29.3 Å². The number of carbonyl (C=O) groups excluding carboxylic acids is 2. The standard InChI is InChI=1S/C23H31N5O3/c1-3-4-9-26-11-13-27(14-12-26)23(31)20-18-7-10-28(21(29)19-6-5-8-24-19)16-17(18)15-25(2)22(20)30/h5-6,8,15,24H,3-4,7,9-14,16H2,1-2H3. The molecule has 1 fully saturated rings. The molecule has 8 nitrogen and oxygen atoms in total. The van der Waals surface area contributed by atoms with E-state index in [4.69, 9.17) is 0 Å². The lowest BCUT2D eigenvalue weighted by atomic mass is 9.95. The van der Waals surface area contributed by atoms with E-state index in [1.165, 1.54) is 11.0 Å². The van der Waals surface area contributed by atoms with Crippen LogP contribution in [-0.4, -0.2) is 75.3 Å². The summed E-state index contributed by atoms with van der Waals surface area (Å²) in [6.07, 6.45) is 6.33. The highest BCUT2D eigenvalue weighted by Gasteiger charge is 2.31. The number of aromatic nitrogens is 2. The van der Waals surface area contributed by atoms with E-state index in [1.807, 2.05) is 4.90 Å². The molecule has 0 aromatic carbocycles. The zero-order chi connectivity index (χ0) is 22.0. The van der Waals surface area contributed by atoms with Crippen LogP contribution in [0.5, 0.6) is 0 Å². The third kappa shape index (κ3) is 4.30. The van der Waals surface area contributed by atoms with Crippen molar-refractivity contribution >= 4 is 11.8 Å². The minimum absolute atomic E-state index is 0.0689. The second-order valence-electron chi connectivity index (χ2n) is 8.47. The lowest BCUT2D eigenvalue weighted by Gasteiger charge is -2.36. The first-order chi connectivity index (χ1) is 15.0. The number of pyridine rings is 1. The largest absolute Gasteiger partial charge is 0.357 e. The Balaban J connectivity index is 1.54. The van der Waals surface area contributed by atoms with Crippen LogP contribution in [0.25, 0.3) is 0 Å². The van der Waals surface area contributed by atoms with Crippen LogP contribution in [-0.2, 0) is 20.0 Å². The van der Waals surface area contributed by atoms with Crippen LogP contribution in [0.4, 0.5) is 0 Å². The van der Waals surface area contributed by atoms with Gasteiger partial charge in [0.05, 0.1) is 0 Å². The van der Waals surface area contributed by atoms with Crippen molar-refractivity contribution in [2.24, 2.45) is 7.05 Å². The van der Waals surface area contributed by atoms with Crippen molar-refractivity contribution in [1.29, 1.82) is 0 Å². The molecule has 0 saturated carbocycles. The number of nitrogens with zero attached hydrogens (tertiary/aromatic N) is 4. The number of carbonyl (C=O) groups is 2. The van der Waals surface area contributed by atoms with Gasteiger partial charge < -0.3 is 19.4 Å². The number of aromatic amines is 1. The van der Waals surface area contributed by atoms with Crippen molar-refractivity contribution in [2.45, 2.75) is 32.7 Å². The molecule has 2 amide bonds. The van der Waals surface area contributed by atoms with Crippen molar-refractivity contribution in [3.63, 3.8) is 0 Å². The number of H-pyrrole nitrogens is 1. The summed E-state index contributed by atoms with van der Waals surface area (Å²) in [5, 5.41) is 0. The molecular formula is C23H31N5O3. The van der Waals surface area contributed by atoms with Gasteiger partial charge in [0.1, 0.15) is 11.3 Å². The molecule has 1 saturated heterocycles. The van der Waals surface area contributed by atoms with Gasteiger partial charge in [-0.1, -0.05) is 13.3 Å². The summed E-state index contributed by atoms with van der Waals surface area (Å²) in [4.78, 5) is 48.0. The molecule has 4 heterocycles. The first-order valence-electron chi connectivity index (χ1n) is 11.1. The lowest BCUT2D eigenvalue weighted by Crippen LogP contribution is -2.50. The topological polar surface area (TPSA) is 81.7 Å². The van der Waals surface area contributed by atoms with Crippen LogP contribution < -0.4 is 5.56 Å². The number of aryl methyl sites for hydroxylation is 1. The fourth-order valence-corrected chi connectivity index (χ4v) is 4.53. The Hall–Kier alpha value is -2.87. The summed E-state index contributed by atoms with van der Waals surface area (Å²) in [5.41, 5.74) is 2.26. The van der Waals surface area contributed by atoms with Gasteiger partial charge in [0.15, 0.2) is 0 Å². The molecule has 2 aliphatic rings. The minimum Gasteiger partial charge on any atom is -0.357 e. The van der Waals surface area contributed by atoms with Crippen LogP contribution in [0.1, 0.15) is 51.7 Å². The van der Waals surface area contributed by atoms with E-state index in [1.54, 1.807) is 36.5 Å². The van der Waals surface area contributed by atoms with Gasteiger partial charge in [-0.25, -0.2) is 0 Å². The predicted molar refractivity (Wildman–Crippen MR) is 118 cm³/mol. The highest BCUT2D eigenvalue weighted by Crippen LogP contribution is 2.23. The minimum atomic E-state index is -0.249. The highest BCUT2D eigenvalue weighted by molar-refractivity contribution is 5.96. The Morgan fingerprint density at radius 2 is 1.84 bits per heavy atom. The van der Waals surface area contributed by atoms with E-state index >= 15 is 0 Å². The number of amides is 2. The summed E-state index contributed by atoms with van der Waals surface area (Å²) in [5.74, 6) is -0.239. The first kappa shape index (κ1) is 21.4. The van der Waals surface area contributed by atoms with E-state index in [-0.39, 0.29) is 22.9 Å². The van der Waals surface area contributed by atoms with Gasteiger partial charge in [0, 0.05) is 58.7 Å². The second kappa shape index (κ2) is 9.09. The Bertz CT molecular complexity index is 1000. The zero-order valence-electron chi connectivity index (χ0n) is 18.4. The molecule has 2 aliphatic heterocycles. The molecular weight excluding hydrogens is 394 g/mol. The van der Waals surface area contributed by atoms with E-state index < -0.39 is 0 Å². The molecule has 0 spiro atoms. The number of rotatable bonds is 5. The third-order valence-corrected chi connectivity index (χ3v) is 6.38.